The Balaban J connectivity index is 2.91. The Kier molecular flexibility index (Phi) is 6.49. The first kappa shape index (κ1) is 17.3. The molecule has 0 radical (unpaired) electrons. The Hall–Kier alpha value is -1.75. The molecule has 0 saturated carbocycles. The Morgan fingerprint density at radius 3 is 2.33 bits per heavy atom. The van der Waals surface area contributed by atoms with Crippen LogP contribution in [0.1, 0.15) is 32.4 Å². The van der Waals surface area contributed by atoms with Crippen molar-refractivity contribution < 1.29 is 19.0 Å². The molecule has 0 amide bonds. The van der Waals surface area contributed by atoms with E-state index in [-0.39, 0.29) is 18.1 Å². The van der Waals surface area contributed by atoms with Crippen LogP contribution in [0.5, 0.6) is 11.5 Å². The van der Waals surface area contributed by atoms with Gasteiger partial charge in [0.1, 0.15) is 6.04 Å². The summed E-state index contributed by atoms with van der Waals surface area (Å²) in [5.41, 5.74) is 1.05. The van der Waals surface area contributed by atoms with Crippen molar-refractivity contribution in [2.75, 3.05) is 27.9 Å². The van der Waals surface area contributed by atoms with Crippen molar-refractivity contribution >= 4 is 5.97 Å². The standard InChI is InChI=1S/C16H25NO4/c1-7-21-16(18)12(3)17(4)11(2)13-8-9-14(19-5)15(10-13)20-6/h8-12H,7H2,1-6H3. The number of benzene rings is 1. The second-order valence-corrected chi connectivity index (χ2v) is 4.88. The number of carbonyl (C=O) groups excluding carboxylic acids is 1. The van der Waals surface area contributed by atoms with Crippen LogP contribution < -0.4 is 9.47 Å². The predicted octanol–water partition coefficient (Wildman–Crippen LogP) is 2.65. The number of carbonyl (C=O) groups is 1. The van der Waals surface area contributed by atoms with Crippen LogP contribution in [-0.4, -0.2) is 44.8 Å². The van der Waals surface area contributed by atoms with E-state index in [1.54, 1.807) is 14.2 Å². The molecule has 1 aromatic carbocycles. The van der Waals surface area contributed by atoms with Gasteiger partial charge in [0.2, 0.25) is 0 Å². The van der Waals surface area contributed by atoms with Gasteiger partial charge in [0.25, 0.3) is 0 Å². The Labute approximate surface area is 126 Å². The van der Waals surface area contributed by atoms with Crippen molar-refractivity contribution in [2.24, 2.45) is 0 Å². The lowest BCUT2D eigenvalue weighted by Gasteiger charge is -2.29. The van der Waals surface area contributed by atoms with Gasteiger partial charge in [-0.1, -0.05) is 6.07 Å². The first-order valence-corrected chi connectivity index (χ1v) is 7.06. The lowest BCUT2D eigenvalue weighted by atomic mass is 10.1. The molecule has 118 valence electrons. The smallest absolute Gasteiger partial charge is 0.323 e. The Morgan fingerprint density at radius 1 is 1.19 bits per heavy atom. The minimum Gasteiger partial charge on any atom is -0.493 e. The fraction of sp³-hybridized carbons (Fsp3) is 0.562. The molecule has 0 N–H and O–H groups in total. The molecule has 2 atom stereocenters. The summed E-state index contributed by atoms with van der Waals surface area (Å²) in [5, 5.41) is 0. The van der Waals surface area contributed by atoms with Crippen LogP contribution in [0.25, 0.3) is 0 Å². The number of likely N-dealkylation sites (N-methyl/N-ethyl adjacent to an activating group) is 1. The maximum Gasteiger partial charge on any atom is 0.323 e. The summed E-state index contributed by atoms with van der Waals surface area (Å²) < 4.78 is 15.6. The van der Waals surface area contributed by atoms with Crippen molar-refractivity contribution in [1.82, 2.24) is 4.90 Å². The molecule has 5 nitrogen and oxygen atoms in total. The molecule has 0 heterocycles. The third kappa shape index (κ3) is 4.11. The van der Waals surface area contributed by atoms with Crippen LogP contribution in [0.15, 0.2) is 18.2 Å². The van der Waals surface area contributed by atoms with E-state index in [4.69, 9.17) is 14.2 Å². The van der Waals surface area contributed by atoms with E-state index in [9.17, 15) is 4.79 Å². The van der Waals surface area contributed by atoms with E-state index in [2.05, 4.69) is 0 Å². The molecule has 0 saturated heterocycles. The highest BCUT2D eigenvalue weighted by Crippen LogP contribution is 2.31. The quantitative estimate of drug-likeness (QED) is 0.724. The van der Waals surface area contributed by atoms with Crippen molar-refractivity contribution in [2.45, 2.75) is 32.9 Å². The second kappa shape index (κ2) is 7.88. The third-order valence-corrected chi connectivity index (χ3v) is 3.74. The summed E-state index contributed by atoms with van der Waals surface area (Å²) in [6.45, 7) is 6.08. The molecule has 1 aromatic rings. The van der Waals surface area contributed by atoms with Crippen molar-refractivity contribution in [3.8, 4) is 11.5 Å². The molecule has 0 aliphatic heterocycles. The molecule has 21 heavy (non-hydrogen) atoms. The zero-order valence-corrected chi connectivity index (χ0v) is 13.7. The summed E-state index contributed by atoms with van der Waals surface area (Å²) in [6, 6.07) is 5.50. The summed E-state index contributed by atoms with van der Waals surface area (Å²) in [7, 11) is 5.12. The van der Waals surface area contributed by atoms with E-state index in [1.807, 2.05) is 50.9 Å². The highest BCUT2D eigenvalue weighted by Gasteiger charge is 2.24. The molecular weight excluding hydrogens is 270 g/mol. The molecule has 0 aliphatic rings. The van der Waals surface area contributed by atoms with Crippen LogP contribution in [0.4, 0.5) is 0 Å². The summed E-state index contributed by atoms with van der Waals surface area (Å²) >= 11 is 0. The first-order chi connectivity index (χ1) is 9.96. The number of ether oxygens (including phenoxy) is 3. The maximum absolute atomic E-state index is 11.8. The largest absolute Gasteiger partial charge is 0.493 e. The lowest BCUT2D eigenvalue weighted by molar-refractivity contribution is -0.149. The number of methoxy groups -OCH3 is 2. The van der Waals surface area contributed by atoms with Gasteiger partial charge in [0.05, 0.1) is 20.8 Å². The average Bonchev–Trinajstić information content (AvgIpc) is 2.52. The van der Waals surface area contributed by atoms with Crippen LogP contribution in [-0.2, 0) is 9.53 Å². The Morgan fingerprint density at radius 2 is 1.81 bits per heavy atom. The SMILES string of the molecule is CCOC(=O)C(C)N(C)C(C)c1ccc(OC)c(OC)c1. The van der Waals surface area contributed by atoms with E-state index in [0.717, 1.165) is 5.56 Å². The number of rotatable bonds is 7. The number of hydrogen-bond acceptors (Lipinski definition) is 5. The maximum atomic E-state index is 11.8. The molecule has 0 bridgehead atoms. The lowest BCUT2D eigenvalue weighted by Crippen LogP contribution is -2.38. The zero-order chi connectivity index (χ0) is 16.0. The summed E-state index contributed by atoms with van der Waals surface area (Å²) in [5.74, 6) is 1.15. The third-order valence-electron chi connectivity index (χ3n) is 3.74. The van der Waals surface area contributed by atoms with Gasteiger partial charge in [-0.3, -0.25) is 9.69 Å². The van der Waals surface area contributed by atoms with Gasteiger partial charge < -0.3 is 14.2 Å². The van der Waals surface area contributed by atoms with Crippen LogP contribution >= 0.6 is 0 Å². The fourth-order valence-electron chi connectivity index (χ4n) is 2.11. The minimum atomic E-state index is -0.312. The number of nitrogens with zero attached hydrogens (tertiary/aromatic N) is 1. The molecule has 0 fully saturated rings. The molecular formula is C16H25NO4. The topological polar surface area (TPSA) is 48.0 Å². The van der Waals surface area contributed by atoms with Crippen LogP contribution in [0.3, 0.4) is 0 Å². The fourth-order valence-corrected chi connectivity index (χ4v) is 2.11. The zero-order valence-electron chi connectivity index (χ0n) is 13.7. The molecule has 1 rings (SSSR count). The van der Waals surface area contributed by atoms with Crippen molar-refractivity contribution in [1.29, 1.82) is 0 Å². The highest BCUT2D eigenvalue weighted by atomic mass is 16.5. The van der Waals surface area contributed by atoms with E-state index >= 15 is 0 Å². The number of hydrogen-bond donors (Lipinski definition) is 0. The molecule has 0 aromatic heterocycles. The van der Waals surface area contributed by atoms with Gasteiger partial charge in [-0.25, -0.2) is 0 Å². The molecule has 0 spiro atoms. The van der Waals surface area contributed by atoms with Gasteiger partial charge >= 0.3 is 5.97 Å². The highest BCUT2D eigenvalue weighted by molar-refractivity contribution is 5.75. The van der Waals surface area contributed by atoms with Gasteiger partial charge in [0.15, 0.2) is 11.5 Å². The monoisotopic (exact) mass is 295 g/mol. The van der Waals surface area contributed by atoms with Crippen LogP contribution in [0.2, 0.25) is 0 Å². The van der Waals surface area contributed by atoms with E-state index in [0.29, 0.717) is 18.1 Å². The predicted molar refractivity (Wildman–Crippen MR) is 81.8 cm³/mol. The van der Waals surface area contributed by atoms with Crippen molar-refractivity contribution in [3.05, 3.63) is 23.8 Å². The second-order valence-electron chi connectivity index (χ2n) is 4.88. The van der Waals surface area contributed by atoms with Gasteiger partial charge in [-0.2, -0.15) is 0 Å². The first-order valence-electron chi connectivity index (χ1n) is 7.06. The van der Waals surface area contributed by atoms with Crippen LogP contribution in [0, 0.1) is 0 Å². The van der Waals surface area contributed by atoms with E-state index < -0.39 is 0 Å². The minimum absolute atomic E-state index is 0.0456. The summed E-state index contributed by atoms with van der Waals surface area (Å²) in [4.78, 5) is 13.8. The molecule has 0 aliphatic carbocycles. The molecule has 5 heteroatoms. The van der Waals surface area contributed by atoms with Crippen molar-refractivity contribution in [3.63, 3.8) is 0 Å². The average molecular weight is 295 g/mol. The Bertz CT molecular complexity index is 475. The van der Waals surface area contributed by atoms with Gasteiger partial charge in [-0.05, 0) is 45.5 Å². The normalized spacial score (nSPS) is 13.7. The summed E-state index contributed by atoms with van der Waals surface area (Å²) in [6.07, 6.45) is 0. The number of esters is 1. The van der Waals surface area contributed by atoms with Gasteiger partial charge in [-0.15, -0.1) is 0 Å². The van der Waals surface area contributed by atoms with E-state index in [1.165, 1.54) is 0 Å². The van der Waals surface area contributed by atoms with Gasteiger partial charge in [0, 0.05) is 6.04 Å². The molecule has 2 unspecified atom stereocenters.